The average molecular weight is 643 g/mol. The highest BCUT2D eigenvalue weighted by molar-refractivity contribution is 8.00. The highest BCUT2D eigenvalue weighted by Gasteiger charge is 2.52. The average Bonchev–Trinajstić information content (AvgIpc) is 3.42. The highest BCUT2D eigenvalue weighted by atomic mass is 32.2. The number of pyridine rings is 1. The van der Waals surface area contributed by atoms with Crippen molar-refractivity contribution < 1.29 is 23.5 Å². The zero-order valence-corrected chi connectivity index (χ0v) is 26.5. The van der Waals surface area contributed by atoms with E-state index in [4.69, 9.17) is 10.00 Å². The minimum atomic E-state index is -1.19. The lowest BCUT2D eigenvalue weighted by Crippen LogP contribution is -2.60. The summed E-state index contributed by atoms with van der Waals surface area (Å²) in [6.45, 7) is 1.76. The van der Waals surface area contributed by atoms with Crippen LogP contribution in [0.15, 0.2) is 54.7 Å². The Kier molecular flexibility index (Phi) is 8.97. The van der Waals surface area contributed by atoms with Crippen molar-refractivity contribution in [2.75, 3.05) is 31.3 Å². The first kappa shape index (κ1) is 31.5. The Hall–Kier alpha value is -4.47. The normalized spacial score (nSPS) is 20.7. The molecule has 0 saturated carbocycles. The first-order chi connectivity index (χ1) is 22.3. The first-order valence-corrected chi connectivity index (χ1v) is 16.5. The molecule has 0 bridgehead atoms. The number of hydrogen-bond donors (Lipinski definition) is 2. The molecule has 10 nitrogen and oxygen atoms in total. The fraction of sp³-hybridized carbons (Fsp3) is 0.382. The zero-order valence-electron chi connectivity index (χ0n) is 25.7. The summed E-state index contributed by atoms with van der Waals surface area (Å²) in [6, 6.07) is 16.1. The second-order valence-electron chi connectivity index (χ2n) is 11.8. The number of nitrogens with one attached hydrogen (secondary N) is 2. The molecule has 3 aliphatic heterocycles. The molecule has 4 heterocycles. The zero-order chi connectivity index (χ0) is 32.4. The van der Waals surface area contributed by atoms with E-state index in [1.165, 1.54) is 16.7 Å². The molecule has 0 aliphatic carbocycles. The van der Waals surface area contributed by atoms with Gasteiger partial charge >= 0.3 is 0 Å². The Bertz CT molecular complexity index is 1700. The van der Waals surface area contributed by atoms with Gasteiger partial charge in [-0.2, -0.15) is 5.26 Å². The minimum Gasteiger partial charge on any atom is -0.488 e. The Labute approximate surface area is 271 Å². The number of anilines is 1. The molecule has 2 atom stereocenters. The van der Waals surface area contributed by atoms with Crippen molar-refractivity contribution in [3.05, 3.63) is 88.4 Å². The summed E-state index contributed by atoms with van der Waals surface area (Å²) in [4.78, 5) is 45.2. The number of imide groups is 1. The topological polar surface area (TPSA) is 128 Å². The Morgan fingerprint density at radius 2 is 2.00 bits per heavy atom. The van der Waals surface area contributed by atoms with Crippen LogP contribution in [0.4, 0.5) is 10.2 Å². The molecular weight excluding hydrogens is 607 g/mol. The number of thioether (sulfide) groups is 1. The third kappa shape index (κ3) is 5.81. The molecule has 0 radical (unpaired) electrons. The number of ether oxygens (including phenoxy) is 1. The summed E-state index contributed by atoms with van der Waals surface area (Å²) in [5, 5.41) is 14.8. The summed E-state index contributed by atoms with van der Waals surface area (Å²) >= 11 is 1.24. The van der Waals surface area contributed by atoms with Crippen molar-refractivity contribution in [1.29, 1.82) is 5.26 Å². The summed E-state index contributed by atoms with van der Waals surface area (Å²) < 4.78 is 21.6. The van der Waals surface area contributed by atoms with Crippen LogP contribution in [-0.4, -0.2) is 58.9 Å². The number of amides is 3. The Morgan fingerprint density at radius 1 is 1.20 bits per heavy atom. The van der Waals surface area contributed by atoms with E-state index in [1.807, 2.05) is 19.2 Å². The lowest BCUT2D eigenvalue weighted by atomic mass is 9.85. The van der Waals surface area contributed by atoms with Gasteiger partial charge < -0.3 is 19.9 Å². The third-order valence-electron chi connectivity index (χ3n) is 9.34. The summed E-state index contributed by atoms with van der Waals surface area (Å²) in [5.74, 6) is 0.114. The summed E-state index contributed by atoms with van der Waals surface area (Å²) in [5.41, 5.74) is 2.87. The van der Waals surface area contributed by atoms with Gasteiger partial charge in [0.25, 0.3) is 11.8 Å². The van der Waals surface area contributed by atoms with Crippen molar-refractivity contribution in [2.24, 2.45) is 5.92 Å². The van der Waals surface area contributed by atoms with Crippen LogP contribution in [0.2, 0.25) is 0 Å². The van der Waals surface area contributed by atoms with Crippen molar-refractivity contribution in [3.8, 4) is 11.8 Å². The van der Waals surface area contributed by atoms with Gasteiger partial charge in [-0.3, -0.25) is 19.7 Å². The van der Waals surface area contributed by atoms with Crippen LogP contribution < -0.4 is 20.3 Å². The first-order valence-electron chi connectivity index (χ1n) is 15.3. The van der Waals surface area contributed by atoms with Crippen molar-refractivity contribution >= 4 is 35.3 Å². The van der Waals surface area contributed by atoms with E-state index in [2.05, 4.69) is 26.6 Å². The maximum absolute atomic E-state index is 15.5. The standard InChI is InChI=1S/C34H35FN6O4S/c1-37-31(22-11-14-40(15-12-22)29-9-6-21(17-36)18-38-29)23-7-8-24(27(35)16-23)20-45-28-5-3-4-25-26(28)19-41(32(25)43)34(46-2)13-10-30(42)39-33(34)44/h3-9,16,18,22,31,37H,10-15,19-20H2,1-2H3,(H,39,42,44)/t31?,34-/m0/s1. The number of aromatic nitrogens is 1. The maximum atomic E-state index is 15.5. The molecule has 0 spiro atoms. The molecule has 2 aromatic carbocycles. The molecule has 1 aromatic heterocycles. The van der Waals surface area contributed by atoms with Gasteiger partial charge in [-0.1, -0.05) is 18.2 Å². The largest absolute Gasteiger partial charge is 0.488 e. The van der Waals surface area contributed by atoms with Gasteiger partial charge in [0.05, 0.1) is 12.1 Å². The molecule has 6 rings (SSSR count). The van der Waals surface area contributed by atoms with E-state index in [0.717, 1.165) is 37.3 Å². The number of piperidine rings is 2. The van der Waals surface area contributed by atoms with Crippen LogP contribution in [0.5, 0.6) is 5.75 Å². The fourth-order valence-corrected chi connectivity index (χ4v) is 7.69. The lowest BCUT2D eigenvalue weighted by molar-refractivity contribution is -0.138. The van der Waals surface area contributed by atoms with Crippen molar-refractivity contribution in [2.45, 2.75) is 49.7 Å². The summed E-state index contributed by atoms with van der Waals surface area (Å²) in [7, 11) is 1.89. The smallest absolute Gasteiger partial charge is 0.263 e. The van der Waals surface area contributed by atoms with E-state index in [9.17, 15) is 14.4 Å². The fourth-order valence-electron chi connectivity index (χ4n) is 6.78. The molecule has 12 heteroatoms. The number of hydrogen-bond acceptors (Lipinski definition) is 9. The van der Waals surface area contributed by atoms with Gasteiger partial charge in [-0.05, 0) is 74.4 Å². The Balaban J connectivity index is 1.11. The molecule has 238 valence electrons. The monoisotopic (exact) mass is 642 g/mol. The molecule has 2 fully saturated rings. The van der Waals surface area contributed by atoms with E-state index < -0.39 is 10.8 Å². The number of carbonyl (C=O) groups is 3. The van der Waals surface area contributed by atoms with Crippen LogP contribution in [0.25, 0.3) is 0 Å². The van der Waals surface area contributed by atoms with Crippen LogP contribution >= 0.6 is 11.8 Å². The molecule has 3 amide bonds. The van der Waals surface area contributed by atoms with Gasteiger partial charge in [0.15, 0.2) is 4.87 Å². The van der Waals surface area contributed by atoms with Crippen molar-refractivity contribution in [1.82, 2.24) is 20.5 Å². The van der Waals surface area contributed by atoms with Crippen LogP contribution in [0, 0.1) is 23.1 Å². The molecule has 2 N–H and O–H groups in total. The second-order valence-corrected chi connectivity index (χ2v) is 12.9. The quantitative estimate of drug-likeness (QED) is 0.329. The maximum Gasteiger partial charge on any atom is 0.263 e. The van der Waals surface area contributed by atoms with Crippen LogP contribution in [-0.2, 0) is 22.7 Å². The molecule has 3 aliphatic rings. The predicted molar refractivity (Wildman–Crippen MR) is 171 cm³/mol. The minimum absolute atomic E-state index is 0.0223. The van der Waals surface area contributed by atoms with Crippen LogP contribution in [0.3, 0.4) is 0 Å². The Morgan fingerprint density at radius 3 is 2.65 bits per heavy atom. The van der Waals surface area contributed by atoms with Crippen LogP contribution in [0.1, 0.15) is 64.3 Å². The molecule has 1 unspecified atom stereocenters. The van der Waals surface area contributed by atoms with E-state index in [1.54, 1.807) is 48.9 Å². The van der Waals surface area contributed by atoms with Crippen molar-refractivity contribution in [3.63, 3.8) is 0 Å². The van der Waals surface area contributed by atoms with E-state index in [-0.39, 0.29) is 49.7 Å². The second kappa shape index (κ2) is 13.1. The predicted octanol–water partition coefficient (Wildman–Crippen LogP) is 4.30. The van der Waals surface area contributed by atoms with E-state index in [0.29, 0.717) is 33.9 Å². The number of benzene rings is 2. The summed E-state index contributed by atoms with van der Waals surface area (Å²) in [6.07, 6.45) is 5.54. The number of halogens is 1. The molecule has 46 heavy (non-hydrogen) atoms. The number of fused-ring (bicyclic) bond motifs is 1. The number of rotatable bonds is 9. The van der Waals surface area contributed by atoms with Gasteiger partial charge in [0.1, 0.15) is 30.1 Å². The number of nitriles is 1. The third-order valence-corrected chi connectivity index (χ3v) is 10.6. The van der Waals surface area contributed by atoms with Gasteiger partial charge in [-0.25, -0.2) is 9.37 Å². The number of carbonyl (C=O) groups excluding carboxylic acids is 3. The molecular formula is C34H35FN6O4S. The lowest BCUT2D eigenvalue weighted by Gasteiger charge is -2.41. The highest BCUT2D eigenvalue weighted by Crippen LogP contribution is 2.43. The van der Waals surface area contributed by atoms with Gasteiger partial charge in [0.2, 0.25) is 5.91 Å². The van der Waals surface area contributed by atoms with E-state index >= 15 is 4.39 Å². The molecule has 3 aromatic rings. The SMILES string of the molecule is CNC(c1ccc(COc2cccc3c2CN([C@]2(SC)CCC(=O)NC2=O)C3=O)c(F)c1)C1CCN(c2ccc(C#N)cn2)CC1. The number of nitrogens with zero attached hydrogens (tertiary/aromatic N) is 4. The van der Waals surface area contributed by atoms with Gasteiger partial charge in [-0.15, -0.1) is 11.8 Å². The molecule has 2 saturated heterocycles. The van der Waals surface area contributed by atoms with Gasteiger partial charge in [0, 0.05) is 48.4 Å².